The average Bonchev–Trinajstić information content (AvgIpc) is 3.24. The van der Waals surface area contributed by atoms with Gasteiger partial charge in [-0.15, -0.1) is 0 Å². The van der Waals surface area contributed by atoms with Gasteiger partial charge >= 0.3 is 0 Å². The largest absolute Gasteiger partial charge is 0.385 e. The van der Waals surface area contributed by atoms with Crippen LogP contribution in [0, 0.1) is 5.82 Å². The monoisotopic (exact) mass is 367 g/mol. The molecular formula is C20H22FN5O. The van der Waals surface area contributed by atoms with E-state index in [4.69, 9.17) is 0 Å². The summed E-state index contributed by atoms with van der Waals surface area (Å²) in [6, 6.07) is 8.78. The van der Waals surface area contributed by atoms with Crippen molar-refractivity contribution in [1.29, 1.82) is 0 Å². The summed E-state index contributed by atoms with van der Waals surface area (Å²) in [6.45, 7) is 2.08. The van der Waals surface area contributed by atoms with Crippen LogP contribution in [0.1, 0.15) is 43.9 Å². The predicted molar refractivity (Wildman–Crippen MR) is 99.0 cm³/mol. The Balaban J connectivity index is 1.53. The van der Waals surface area contributed by atoms with Crippen LogP contribution in [0.25, 0.3) is 5.78 Å². The van der Waals surface area contributed by atoms with Gasteiger partial charge in [-0.3, -0.25) is 0 Å². The first-order valence-electron chi connectivity index (χ1n) is 9.54. The van der Waals surface area contributed by atoms with Crippen molar-refractivity contribution < 1.29 is 9.50 Å². The molecule has 27 heavy (non-hydrogen) atoms. The Morgan fingerprint density at radius 3 is 2.56 bits per heavy atom. The number of halogens is 1. The molecule has 7 heteroatoms. The smallest absolute Gasteiger partial charge is 0.254 e. The molecule has 2 saturated heterocycles. The van der Waals surface area contributed by atoms with Crippen molar-refractivity contribution in [2.45, 2.75) is 56.7 Å². The molecule has 0 aliphatic carbocycles. The third-order valence-electron chi connectivity index (χ3n) is 6.06. The molecule has 2 aliphatic heterocycles. The molecule has 2 aliphatic rings. The van der Waals surface area contributed by atoms with Gasteiger partial charge in [0.2, 0.25) is 0 Å². The predicted octanol–water partition coefficient (Wildman–Crippen LogP) is 2.84. The molecule has 0 radical (unpaired) electrons. The quantitative estimate of drug-likeness (QED) is 0.771. The Morgan fingerprint density at radius 2 is 1.89 bits per heavy atom. The number of nitrogens with zero attached hydrogens (tertiary/aromatic N) is 5. The normalized spacial score (nSPS) is 27.4. The SMILES string of the molecule is CCc1cc(N2C3CCC2CC(O)(c2ccc(F)cc2)C3)n2ncnc2n1. The molecule has 6 nitrogen and oxygen atoms in total. The first-order chi connectivity index (χ1) is 13.1. The van der Waals surface area contributed by atoms with Crippen LogP contribution in [0.15, 0.2) is 36.7 Å². The fourth-order valence-electron chi connectivity index (χ4n) is 4.80. The summed E-state index contributed by atoms with van der Waals surface area (Å²) >= 11 is 0. The highest BCUT2D eigenvalue weighted by Crippen LogP contribution is 2.47. The van der Waals surface area contributed by atoms with Gasteiger partial charge in [0.1, 0.15) is 18.0 Å². The van der Waals surface area contributed by atoms with E-state index in [9.17, 15) is 9.50 Å². The van der Waals surface area contributed by atoms with E-state index in [2.05, 4.69) is 33.0 Å². The van der Waals surface area contributed by atoms with Crippen molar-refractivity contribution in [1.82, 2.24) is 19.6 Å². The minimum absolute atomic E-state index is 0.207. The third kappa shape index (κ3) is 2.60. The molecule has 2 atom stereocenters. The van der Waals surface area contributed by atoms with E-state index in [1.807, 2.05) is 0 Å². The second kappa shape index (κ2) is 5.99. The number of hydrogen-bond acceptors (Lipinski definition) is 5. The highest BCUT2D eigenvalue weighted by atomic mass is 19.1. The zero-order chi connectivity index (χ0) is 18.6. The van der Waals surface area contributed by atoms with E-state index in [1.165, 1.54) is 18.5 Å². The zero-order valence-electron chi connectivity index (χ0n) is 15.2. The maximum absolute atomic E-state index is 13.3. The Labute approximate surface area is 156 Å². The summed E-state index contributed by atoms with van der Waals surface area (Å²) in [7, 11) is 0. The highest BCUT2D eigenvalue weighted by Gasteiger charge is 2.49. The Bertz CT molecular complexity index is 972. The molecule has 140 valence electrons. The van der Waals surface area contributed by atoms with Gasteiger partial charge in [-0.05, 0) is 37.0 Å². The van der Waals surface area contributed by atoms with Gasteiger partial charge < -0.3 is 10.0 Å². The summed E-state index contributed by atoms with van der Waals surface area (Å²) in [5.74, 6) is 1.34. The second-order valence-corrected chi connectivity index (χ2v) is 7.67. The summed E-state index contributed by atoms with van der Waals surface area (Å²) in [6.07, 6.45) is 5.65. The average molecular weight is 367 g/mol. The lowest BCUT2D eigenvalue weighted by Crippen LogP contribution is -2.50. The van der Waals surface area contributed by atoms with Crippen molar-refractivity contribution in [2.24, 2.45) is 0 Å². The third-order valence-corrected chi connectivity index (χ3v) is 6.06. The fraction of sp³-hybridized carbons (Fsp3) is 0.450. The van der Waals surface area contributed by atoms with E-state index >= 15 is 0 Å². The van der Waals surface area contributed by atoms with Crippen LogP contribution in [0.5, 0.6) is 0 Å². The lowest BCUT2D eigenvalue weighted by Gasteiger charge is -2.45. The van der Waals surface area contributed by atoms with Crippen LogP contribution in [0.2, 0.25) is 0 Å². The van der Waals surface area contributed by atoms with Gasteiger partial charge in [-0.25, -0.2) is 9.37 Å². The topological polar surface area (TPSA) is 66.5 Å². The lowest BCUT2D eigenvalue weighted by molar-refractivity contribution is -0.00332. The Morgan fingerprint density at radius 1 is 1.19 bits per heavy atom. The number of aromatic nitrogens is 4. The molecule has 2 aromatic heterocycles. The first-order valence-corrected chi connectivity index (χ1v) is 9.54. The summed E-state index contributed by atoms with van der Waals surface area (Å²) < 4.78 is 15.1. The van der Waals surface area contributed by atoms with Gasteiger partial charge in [-0.2, -0.15) is 14.6 Å². The fourth-order valence-corrected chi connectivity index (χ4v) is 4.80. The van der Waals surface area contributed by atoms with Crippen molar-refractivity contribution in [3.05, 3.63) is 53.7 Å². The van der Waals surface area contributed by atoms with Crippen molar-refractivity contribution >= 4 is 11.6 Å². The Hall–Kier alpha value is -2.54. The van der Waals surface area contributed by atoms with Crippen molar-refractivity contribution in [3.8, 4) is 0 Å². The van der Waals surface area contributed by atoms with Crippen LogP contribution in [-0.4, -0.2) is 36.8 Å². The van der Waals surface area contributed by atoms with Crippen molar-refractivity contribution in [2.75, 3.05) is 4.90 Å². The van der Waals surface area contributed by atoms with Crippen molar-refractivity contribution in [3.63, 3.8) is 0 Å². The van der Waals surface area contributed by atoms with E-state index in [-0.39, 0.29) is 17.9 Å². The van der Waals surface area contributed by atoms with Crippen LogP contribution < -0.4 is 4.90 Å². The first kappa shape index (κ1) is 16.6. The summed E-state index contributed by atoms with van der Waals surface area (Å²) in [5, 5.41) is 15.7. The molecule has 0 spiro atoms. The van der Waals surface area contributed by atoms with Gasteiger partial charge in [0, 0.05) is 36.7 Å². The molecular weight excluding hydrogens is 345 g/mol. The molecule has 5 rings (SSSR count). The number of hydrogen-bond donors (Lipinski definition) is 1. The molecule has 2 fully saturated rings. The molecule has 0 saturated carbocycles. The minimum Gasteiger partial charge on any atom is -0.385 e. The van der Waals surface area contributed by atoms with Gasteiger partial charge in [-0.1, -0.05) is 19.1 Å². The lowest BCUT2D eigenvalue weighted by atomic mass is 9.80. The number of aliphatic hydroxyl groups is 1. The molecule has 0 amide bonds. The molecule has 1 aromatic carbocycles. The number of aryl methyl sites for hydroxylation is 1. The van der Waals surface area contributed by atoms with Crippen LogP contribution >= 0.6 is 0 Å². The van der Waals surface area contributed by atoms with E-state index in [0.717, 1.165) is 36.3 Å². The molecule has 2 unspecified atom stereocenters. The van der Waals surface area contributed by atoms with Crippen LogP contribution in [0.3, 0.4) is 0 Å². The number of anilines is 1. The van der Waals surface area contributed by atoms with E-state index in [1.54, 1.807) is 16.6 Å². The molecule has 1 N–H and O–H groups in total. The maximum atomic E-state index is 13.3. The molecule has 4 heterocycles. The maximum Gasteiger partial charge on any atom is 0.254 e. The number of fused-ring (bicyclic) bond motifs is 3. The highest BCUT2D eigenvalue weighted by molar-refractivity contribution is 5.51. The van der Waals surface area contributed by atoms with E-state index < -0.39 is 5.60 Å². The molecule has 2 bridgehead atoms. The number of benzene rings is 1. The summed E-state index contributed by atoms with van der Waals surface area (Å²) in [4.78, 5) is 11.2. The second-order valence-electron chi connectivity index (χ2n) is 7.67. The number of piperidine rings is 1. The van der Waals surface area contributed by atoms with E-state index in [0.29, 0.717) is 18.6 Å². The zero-order valence-corrected chi connectivity index (χ0v) is 15.2. The van der Waals surface area contributed by atoms with Crippen LogP contribution in [0.4, 0.5) is 10.2 Å². The van der Waals surface area contributed by atoms with Gasteiger partial charge in [0.25, 0.3) is 5.78 Å². The molecule has 3 aromatic rings. The van der Waals surface area contributed by atoms with Crippen LogP contribution in [-0.2, 0) is 12.0 Å². The Kier molecular flexibility index (Phi) is 3.69. The van der Waals surface area contributed by atoms with Gasteiger partial charge in [0.15, 0.2) is 0 Å². The number of rotatable bonds is 3. The minimum atomic E-state index is -0.919. The standard InChI is InChI=1S/C20H22FN5O/c1-2-15-9-18(26-19(24-15)22-12-23-26)25-16-7-8-17(25)11-20(27,10-16)13-3-5-14(21)6-4-13/h3-6,9,12,16-17,27H,2,7-8,10-11H2,1H3. The summed E-state index contributed by atoms with van der Waals surface area (Å²) in [5.41, 5.74) is 0.873. The van der Waals surface area contributed by atoms with Gasteiger partial charge in [0.05, 0.1) is 5.60 Å².